The molecule has 2 aromatic carbocycles. The van der Waals surface area contributed by atoms with E-state index < -0.39 is 5.60 Å². The fourth-order valence-electron chi connectivity index (χ4n) is 3.23. The highest BCUT2D eigenvalue weighted by molar-refractivity contribution is 7.99. The predicted molar refractivity (Wildman–Crippen MR) is 120 cm³/mol. The van der Waals surface area contributed by atoms with Crippen molar-refractivity contribution in [1.29, 1.82) is 0 Å². The Morgan fingerprint density at radius 2 is 1.66 bits per heavy atom. The molecule has 0 spiro atoms. The van der Waals surface area contributed by atoms with Gasteiger partial charge in [-0.1, -0.05) is 31.2 Å². The number of ether oxygens (including phenoxy) is 2. The van der Waals surface area contributed by atoms with Gasteiger partial charge in [0.25, 0.3) is 0 Å². The van der Waals surface area contributed by atoms with Crippen LogP contribution in [0, 0.1) is 0 Å². The third-order valence-corrected chi connectivity index (χ3v) is 6.14. The van der Waals surface area contributed by atoms with Crippen LogP contribution in [0.4, 0.5) is 4.79 Å². The zero-order chi connectivity index (χ0) is 20.9. The Balaban J connectivity index is 1.57. The Hall–Kier alpha value is -2.14. The molecule has 156 valence electrons. The molecule has 1 saturated heterocycles. The molecular weight excluding hydrogens is 382 g/mol. The zero-order valence-electron chi connectivity index (χ0n) is 17.8. The summed E-state index contributed by atoms with van der Waals surface area (Å²) in [5.74, 6) is 2.60. The molecule has 1 amide bonds. The number of thioether (sulfide) groups is 1. The predicted octanol–water partition coefficient (Wildman–Crippen LogP) is 6.46. The van der Waals surface area contributed by atoms with Crippen LogP contribution in [-0.2, 0) is 11.2 Å². The van der Waals surface area contributed by atoms with Gasteiger partial charge in [-0.2, -0.15) is 11.8 Å². The molecule has 0 aliphatic carbocycles. The first kappa shape index (κ1) is 21.6. The Bertz CT molecular complexity index is 796. The molecule has 0 saturated carbocycles. The molecule has 5 heteroatoms. The van der Waals surface area contributed by atoms with Gasteiger partial charge in [-0.3, -0.25) is 0 Å². The van der Waals surface area contributed by atoms with Gasteiger partial charge in [-0.05, 0) is 69.0 Å². The van der Waals surface area contributed by atoms with Crippen LogP contribution in [0.2, 0.25) is 0 Å². The van der Waals surface area contributed by atoms with E-state index in [-0.39, 0.29) is 6.09 Å². The number of benzene rings is 2. The van der Waals surface area contributed by atoms with Crippen molar-refractivity contribution in [3.8, 4) is 11.5 Å². The lowest BCUT2D eigenvalue weighted by Gasteiger charge is -2.26. The van der Waals surface area contributed by atoms with Gasteiger partial charge in [-0.15, -0.1) is 0 Å². The summed E-state index contributed by atoms with van der Waals surface area (Å²) in [7, 11) is 0. The summed E-state index contributed by atoms with van der Waals surface area (Å²) in [6.07, 6.45) is 1.73. The third-order valence-electron chi connectivity index (χ3n) is 4.81. The van der Waals surface area contributed by atoms with E-state index in [9.17, 15) is 4.79 Å². The lowest BCUT2D eigenvalue weighted by atomic mass is 10.1. The van der Waals surface area contributed by atoms with Crippen LogP contribution in [0.3, 0.4) is 0 Å². The topological polar surface area (TPSA) is 38.8 Å². The van der Waals surface area contributed by atoms with Gasteiger partial charge in [0.15, 0.2) is 0 Å². The van der Waals surface area contributed by atoms with Gasteiger partial charge in [0.05, 0.1) is 0 Å². The molecule has 0 aromatic heterocycles. The monoisotopic (exact) mass is 413 g/mol. The van der Waals surface area contributed by atoms with Crippen LogP contribution in [0.15, 0.2) is 48.5 Å². The molecule has 1 aliphatic heterocycles. The van der Waals surface area contributed by atoms with E-state index in [4.69, 9.17) is 9.47 Å². The molecule has 2 aromatic rings. The minimum Gasteiger partial charge on any atom is -0.457 e. The summed E-state index contributed by atoms with van der Waals surface area (Å²) < 4.78 is 11.5. The summed E-state index contributed by atoms with van der Waals surface area (Å²) in [4.78, 5) is 14.2. The molecule has 4 nitrogen and oxygen atoms in total. The first-order valence-corrected chi connectivity index (χ1v) is 11.4. The number of carbonyl (C=O) groups is 1. The molecular formula is C24H31NO3S. The quantitative estimate of drug-likeness (QED) is 0.577. The first-order chi connectivity index (χ1) is 13.8. The van der Waals surface area contributed by atoms with Crippen LogP contribution in [0.5, 0.6) is 11.5 Å². The van der Waals surface area contributed by atoms with Gasteiger partial charge >= 0.3 is 6.09 Å². The second kappa shape index (κ2) is 9.57. The molecule has 29 heavy (non-hydrogen) atoms. The minimum absolute atomic E-state index is 0.211. The second-order valence-electron chi connectivity index (χ2n) is 8.28. The fraction of sp³-hybridized carbons (Fsp3) is 0.458. The van der Waals surface area contributed by atoms with Crippen molar-refractivity contribution in [2.24, 2.45) is 0 Å². The maximum Gasteiger partial charge on any atom is 0.410 e. The fourth-order valence-corrected chi connectivity index (χ4v) is 4.46. The van der Waals surface area contributed by atoms with Crippen molar-refractivity contribution in [2.45, 2.75) is 51.4 Å². The molecule has 0 radical (unpaired) electrons. The Kier molecular flexibility index (Phi) is 7.12. The van der Waals surface area contributed by atoms with Crippen LogP contribution < -0.4 is 4.74 Å². The number of rotatable bonds is 4. The zero-order valence-corrected chi connectivity index (χ0v) is 18.6. The number of aryl methyl sites for hydroxylation is 1. The summed E-state index contributed by atoms with van der Waals surface area (Å²) >= 11 is 1.90. The second-order valence-corrected chi connectivity index (χ2v) is 9.59. The summed E-state index contributed by atoms with van der Waals surface area (Å²) in [6, 6.07) is 16.6. The highest BCUT2D eigenvalue weighted by atomic mass is 32.2. The normalized spacial score (nSPS) is 17.5. The average molecular weight is 414 g/mol. The molecule has 1 atom stereocenters. The van der Waals surface area contributed by atoms with E-state index in [1.54, 1.807) is 0 Å². The standard InChI is InChI=1S/C24H31NO3S/c1-5-18-6-10-20(11-7-18)27-21-12-8-19(9-13-21)22-14-15-25(16-17-29-22)23(26)28-24(2,3)4/h6-13,22H,5,14-17H2,1-4H3. The van der Waals surface area contributed by atoms with Gasteiger partial charge in [0.1, 0.15) is 17.1 Å². The average Bonchev–Trinajstić information content (AvgIpc) is 2.94. The van der Waals surface area contributed by atoms with Crippen LogP contribution in [0.1, 0.15) is 50.5 Å². The minimum atomic E-state index is -0.456. The molecule has 0 N–H and O–H groups in total. The van der Waals surface area contributed by atoms with Crippen molar-refractivity contribution in [3.05, 3.63) is 59.7 Å². The molecule has 3 rings (SSSR count). The SMILES string of the molecule is CCc1ccc(Oc2ccc(C3CCN(C(=O)OC(C)(C)C)CCS3)cc2)cc1. The highest BCUT2D eigenvalue weighted by Gasteiger charge is 2.26. The lowest BCUT2D eigenvalue weighted by Crippen LogP contribution is -2.38. The van der Waals surface area contributed by atoms with Gasteiger partial charge < -0.3 is 14.4 Å². The van der Waals surface area contributed by atoms with E-state index in [1.165, 1.54) is 11.1 Å². The van der Waals surface area contributed by atoms with Gasteiger partial charge in [0.2, 0.25) is 0 Å². The van der Waals surface area contributed by atoms with E-state index in [2.05, 4.69) is 31.2 Å². The van der Waals surface area contributed by atoms with Crippen molar-refractivity contribution in [2.75, 3.05) is 18.8 Å². The first-order valence-electron chi connectivity index (χ1n) is 10.3. The maximum atomic E-state index is 12.3. The molecule has 1 unspecified atom stereocenters. The molecule has 1 heterocycles. The third kappa shape index (κ3) is 6.43. The van der Waals surface area contributed by atoms with E-state index in [1.807, 2.05) is 61.7 Å². The molecule has 0 bridgehead atoms. The number of hydrogen-bond acceptors (Lipinski definition) is 4. The van der Waals surface area contributed by atoms with E-state index in [0.29, 0.717) is 11.8 Å². The highest BCUT2D eigenvalue weighted by Crippen LogP contribution is 2.35. The smallest absolute Gasteiger partial charge is 0.410 e. The number of amides is 1. The van der Waals surface area contributed by atoms with Crippen molar-refractivity contribution >= 4 is 17.9 Å². The summed E-state index contributed by atoms with van der Waals surface area (Å²) in [6.45, 7) is 9.30. The van der Waals surface area contributed by atoms with E-state index in [0.717, 1.165) is 36.6 Å². The van der Waals surface area contributed by atoms with Gasteiger partial charge in [-0.25, -0.2) is 4.79 Å². The Labute approximate surface area is 178 Å². The summed E-state index contributed by atoms with van der Waals surface area (Å²) in [5.41, 5.74) is 2.12. The lowest BCUT2D eigenvalue weighted by molar-refractivity contribution is 0.0263. The largest absolute Gasteiger partial charge is 0.457 e. The van der Waals surface area contributed by atoms with Crippen LogP contribution in [0.25, 0.3) is 0 Å². The van der Waals surface area contributed by atoms with E-state index >= 15 is 0 Å². The molecule has 1 fully saturated rings. The Morgan fingerprint density at radius 3 is 2.24 bits per heavy atom. The van der Waals surface area contributed by atoms with Crippen molar-refractivity contribution in [1.82, 2.24) is 4.90 Å². The van der Waals surface area contributed by atoms with Crippen molar-refractivity contribution in [3.63, 3.8) is 0 Å². The van der Waals surface area contributed by atoms with Crippen LogP contribution >= 0.6 is 11.8 Å². The molecule has 1 aliphatic rings. The van der Waals surface area contributed by atoms with Crippen LogP contribution in [-0.4, -0.2) is 35.4 Å². The summed E-state index contributed by atoms with van der Waals surface area (Å²) in [5, 5.41) is 0.375. The number of carbonyl (C=O) groups excluding carboxylic acids is 1. The Morgan fingerprint density at radius 1 is 1.03 bits per heavy atom. The number of hydrogen-bond donors (Lipinski definition) is 0. The number of nitrogens with zero attached hydrogens (tertiary/aromatic N) is 1. The van der Waals surface area contributed by atoms with Crippen molar-refractivity contribution < 1.29 is 14.3 Å². The maximum absolute atomic E-state index is 12.3. The van der Waals surface area contributed by atoms with Gasteiger partial charge in [0, 0.05) is 24.1 Å².